The molecule has 0 saturated carbocycles. The maximum absolute atomic E-state index is 12.3. The third-order valence-electron chi connectivity index (χ3n) is 2.57. The van der Waals surface area contributed by atoms with Gasteiger partial charge in [-0.1, -0.05) is 11.6 Å². The number of rotatable bonds is 6. The molecule has 0 bridgehead atoms. The molecule has 1 aromatic rings. The van der Waals surface area contributed by atoms with Gasteiger partial charge >= 0.3 is 5.97 Å². The molecule has 0 N–H and O–H groups in total. The number of carbonyl (C=O) groups is 2. The second-order valence-electron chi connectivity index (χ2n) is 3.91. The second-order valence-corrected chi connectivity index (χ2v) is 4.29. The Morgan fingerprint density at radius 3 is 2.67 bits per heavy atom. The van der Waals surface area contributed by atoms with Gasteiger partial charge in [0.15, 0.2) is 0 Å². The largest absolute Gasteiger partial charge is 0.465 e. The van der Waals surface area contributed by atoms with E-state index in [-0.39, 0.29) is 30.4 Å². The fraction of sp³-hybridized carbons (Fsp3) is 0.417. The molecular formula is C12H14ClN3O5. The summed E-state index contributed by atoms with van der Waals surface area (Å²) in [5, 5.41) is 10.9. The van der Waals surface area contributed by atoms with Gasteiger partial charge in [0, 0.05) is 6.54 Å². The number of aromatic nitrogens is 1. The van der Waals surface area contributed by atoms with Crippen molar-refractivity contribution in [2.75, 3.05) is 19.7 Å². The van der Waals surface area contributed by atoms with Crippen LogP contribution in [0.4, 0.5) is 5.69 Å². The average molecular weight is 316 g/mol. The van der Waals surface area contributed by atoms with Crippen LogP contribution in [0, 0.1) is 10.1 Å². The molecule has 1 aromatic heterocycles. The molecule has 0 radical (unpaired) electrons. The lowest BCUT2D eigenvalue weighted by Crippen LogP contribution is -2.36. The number of nitro groups is 1. The van der Waals surface area contributed by atoms with Crippen LogP contribution >= 0.6 is 11.6 Å². The number of hydrogen-bond donors (Lipinski definition) is 0. The van der Waals surface area contributed by atoms with Gasteiger partial charge in [-0.25, -0.2) is 4.98 Å². The lowest BCUT2D eigenvalue weighted by atomic mass is 10.2. The highest BCUT2D eigenvalue weighted by Gasteiger charge is 2.26. The first-order chi connectivity index (χ1) is 9.90. The molecule has 21 heavy (non-hydrogen) atoms. The standard InChI is InChI=1S/C12H14ClN3O5/c1-3-15(7-11(17)21-4-2)12(18)8-5-10(13)14-6-9(8)16(19)20/h5-6H,3-4,7H2,1-2H3. The van der Waals surface area contributed by atoms with Crippen molar-refractivity contribution in [2.24, 2.45) is 0 Å². The Kier molecular flexibility index (Phi) is 6.04. The number of hydrogen-bond acceptors (Lipinski definition) is 6. The van der Waals surface area contributed by atoms with Crippen molar-refractivity contribution in [1.82, 2.24) is 9.88 Å². The Balaban J connectivity index is 3.07. The molecule has 8 nitrogen and oxygen atoms in total. The third-order valence-corrected chi connectivity index (χ3v) is 2.78. The Bertz CT molecular complexity index is 564. The predicted octanol–water partition coefficient (Wildman–Crippen LogP) is 1.67. The van der Waals surface area contributed by atoms with E-state index in [1.54, 1.807) is 13.8 Å². The quantitative estimate of drug-likeness (QED) is 0.342. The lowest BCUT2D eigenvalue weighted by molar-refractivity contribution is -0.385. The van der Waals surface area contributed by atoms with Gasteiger partial charge < -0.3 is 9.64 Å². The zero-order chi connectivity index (χ0) is 16.0. The van der Waals surface area contributed by atoms with Crippen molar-refractivity contribution in [3.8, 4) is 0 Å². The van der Waals surface area contributed by atoms with Gasteiger partial charge in [-0.2, -0.15) is 0 Å². The van der Waals surface area contributed by atoms with E-state index in [4.69, 9.17) is 16.3 Å². The highest BCUT2D eigenvalue weighted by Crippen LogP contribution is 2.22. The van der Waals surface area contributed by atoms with Crippen LogP contribution in [-0.2, 0) is 9.53 Å². The third kappa shape index (κ3) is 4.38. The number of esters is 1. The zero-order valence-electron chi connectivity index (χ0n) is 11.5. The highest BCUT2D eigenvalue weighted by molar-refractivity contribution is 6.29. The molecule has 0 aliphatic rings. The summed E-state index contributed by atoms with van der Waals surface area (Å²) in [5.41, 5.74) is -0.683. The Labute approximate surface area is 125 Å². The van der Waals surface area contributed by atoms with E-state index in [1.165, 1.54) is 0 Å². The van der Waals surface area contributed by atoms with Crippen LogP contribution < -0.4 is 0 Å². The number of ether oxygens (including phenoxy) is 1. The van der Waals surface area contributed by atoms with Crippen molar-refractivity contribution in [3.63, 3.8) is 0 Å². The van der Waals surface area contributed by atoms with Gasteiger partial charge in [0.25, 0.3) is 11.6 Å². The molecular weight excluding hydrogens is 302 g/mol. The summed E-state index contributed by atoms with van der Waals surface area (Å²) in [6, 6.07) is 1.11. The summed E-state index contributed by atoms with van der Waals surface area (Å²) in [6.45, 7) is 3.37. The van der Waals surface area contributed by atoms with Gasteiger partial charge in [-0.3, -0.25) is 19.7 Å². The molecule has 0 spiro atoms. The predicted molar refractivity (Wildman–Crippen MR) is 74.1 cm³/mol. The van der Waals surface area contributed by atoms with Crippen molar-refractivity contribution in [2.45, 2.75) is 13.8 Å². The number of carbonyl (C=O) groups excluding carboxylic acids is 2. The summed E-state index contributed by atoms with van der Waals surface area (Å²) in [6.07, 6.45) is 0.910. The number of pyridine rings is 1. The topological polar surface area (TPSA) is 103 Å². The van der Waals surface area contributed by atoms with Gasteiger partial charge in [-0.15, -0.1) is 0 Å². The maximum atomic E-state index is 12.3. The number of halogens is 1. The van der Waals surface area contributed by atoms with Gasteiger partial charge in [0.1, 0.15) is 23.5 Å². The van der Waals surface area contributed by atoms with Crippen molar-refractivity contribution in [1.29, 1.82) is 0 Å². The van der Waals surface area contributed by atoms with E-state index < -0.39 is 22.5 Å². The van der Waals surface area contributed by atoms with Gasteiger partial charge in [-0.05, 0) is 19.9 Å². The Morgan fingerprint density at radius 1 is 1.48 bits per heavy atom. The van der Waals surface area contributed by atoms with E-state index >= 15 is 0 Å². The van der Waals surface area contributed by atoms with Crippen LogP contribution in [0.3, 0.4) is 0 Å². The molecule has 0 aliphatic carbocycles. The SMILES string of the molecule is CCOC(=O)CN(CC)C(=O)c1cc(Cl)ncc1[N+](=O)[O-]. The molecule has 114 valence electrons. The van der Waals surface area contributed by atoms with Crippen LogP contribution in [0.2, 0.25) is 5.15 Å². The Hall–Kier alpha value is -2.22. The molecule has 0 saturated heterocycles. The molecule has 1 rings (SSSR count). The number of likely N-dealkylation sites (N-methyl/N-ethyl adjacent to an activating group) is 1. The van der Waals surface area contributed by atoms with Gasteiger partial charge in [0.2, 0.25) is 0 Å². The minimum atomic E-state index is -0.727. The highest BCUT2D eigenvalue weighted by atomic mass is 35.5. The summed E-state index contributed by atoms with van der Waals surface area (Å²) in [5.74, 6) is -1.27. The minimum Gasteiger partial charge on any atom is -0.465 e. The fourth-order valence-electron chi connectivity index (χ4n) is 1.60. The monoisotopic (exact) mass is 315 g/mol. The van der Waals surface area contributed by atoms with Crippen LogP contribution in [0.1, 0.15) is 24.2 Å². The van der Waals surface area contributed by atoms with Crippen LogP contribution in [0.15, 0.2) is 12.3 Å². The summed E-state index contributed by atoms with van der Waals surface area (Å²) < 4.78 is 4.76. The van der Waals surface area contributed by atoms with E-state index in [9.17, 15) is 19.7 Å². The molecule has 0 fully saturated rings. The van der Waals surface area contributed by atoms with Crippen LogP contribution in [-0.4, -0.2) is 46.4 Å². The maximum Gasteiger partial charge on any atom is 0.325 e. The summed E-state index contributed by atoms with van der Waals surface area (Å²) in [7, 11) is 0. The van der Waals surface area contributed by atoms with Crippen molar-refractivity contribution >= 4 is 29.2 Å². The Morgan fingerprint density at radius 2 is 2.14 bits per heavy atom. The first-order valence-electron chi connectivity index (χ1n) is 6.15. The molecule has 0 aromatic carbocycles. The van der Waals surface area contributed by atoms with Crippen molar-refractivity contribution in [3.05, 3.63) is 33.1 Å². The van der Waals surface area contributed by atoms with E-state index in [2.05, 4.69) is 4.98 Å². The van der Waals surface area contributed by atoms with Crippen LogP contribution in [0.25, 0.3) is 0 Å². The average Bonchev–Trinajstić information content (AvgIpc) is 2.43. The lowest BCUT2D eigenvalue weighted by Gasteiger charge is -2.19. The van der Waals surface area contributed by atoms with E-state index in [0.717, 1.165) is 17.2 Å². The molecule has 0 atom stereocenters. The summed E-state index contributed by atoms with van der Waals surface area (Å²) >= 11 is 5.67. The number of nitrogens with zero attached hydrogens (tertiary/aromatic N) is 3. The minimum absolute atomic E-state index is 0.0452. The van der Waals surface area contributed by atoms with E-state index in [0.29, 0.717) is 0 Å². The first-order valence-corrected chi connectivity index (χ1v) is 6.53. The molecule has 1 heterocycles. The van der Waals surface area contributed by atoms with Gasteiger partial charge in [0.05, 0.1) is 11.5 Å². The molecule has 1 amide bonds. The molecule has 0 aliphatic heterocycles. The van der Waals surface area contributed by atoms with E-state index in [1.807, 2.05) is 0 Å². The zero-order valence-corrected chi connectivity index (χ0v) is 12.3. The smallest absolute Gasteiger partial charge is 0.325 e. The summed E-state index contributed by atoms with van der Waals surface area (Å²) in [4.78, 5) is 38.7. The molecule has 9 heteroatoms. The fourth-order valence-corrected chi connectivity index (χ4v) is 1.76. The molecule has 0 unspecified atom stereocenters. The first kappa shape index (κ1) is 16.8. The van der Waals surface area contributed by atoms with Crippen molar-refractivity contribution < 1.29 is 19.2 Å². The number of amides is 1. The normalized spacial score (nSPS) is 10.0. The second kappa shape index (κ2) is 7.53. The van der Waals surface area contributed by atoms with Crippen LogP contribution in [0.5, 0.6) is 0 Å².